The Kier molecular flexibility index (Phi) is 12.1. The fourth-order valence-corrected chi connectivity index (χ4v) is 7.72. The Hall–Kier alpha value is -3.88. The van der Waals surface area contributed by atoms with Crippen molar-refractivity contribution in [2.24, 2.45) is 5.92 Å². The number of fused-ring (bicyclic) bond motifs is 5. The molecule has 0 spiro atoms. The second kappa shape index (κ2) is 16.0. The van der Waals surface area contributed by atoms with Crippen LogP contribution in [0.1, 0.15) is 56.5 Å². The van der Waals surface area contributed by atoms with E-state index in [2.05, 4.69) is 5.32 Å². The van der Waals surface area contributed by atoms with Crippen LogP contribution in [0.4, 0.5) is 10.5 Å². The van der Waals surface area contributed by atoms with E-state index in [1.807, 2.05) is 26.0 Å². The van der Waals surface area contributed by atoms with Gasteiger partial charge in [0.2, 0.25) is 5.91 Å². The van der Waals surface area contributed by atoms with Crippen LogP contribution in [0.2, 0.25) is 5.02 Å². The second-order valence-electron chi connectivity index (χ2n) is 13.6. The van der Waals surface area contributed by atoms with Gasteiger partial charge < -0.3 is 33.7 Å². The Morgan fingerprint density at radius 3 is 2.54 bits per heavy atom. The molecule has 0 aliphatic carbocycles. The monoisotopic (exact) mass is 756 g/mol. The highest BCUT2D eigenvalue weighted by atomic mass is 35.5. The van der Waals surface area contributed by atoms with Gasteiger partial charge in [-0.3, -0.25) is 19.7 Å². The molecule has 4 bridgehead atoms. The van der Waals surface area contributed by atoms with Gasteiger partial charge in [0.05, 0.1) is 31.1 Å². The fraction of sp³-hybridized carbons (Fsp3) is 0.474. The number of benzene rings is 2. The first-order valence-electron chi connectivity index (χ1n) is 16.9. The Morgan fingerprint density at radius 1 is 1.17 bits per heavy atom. The predicted molar refractivity (Wildman–Crippen MR) is 196 cm³/mol. The molecule has 2 aromatic carbocycles. The van der Waals surface area contributed by atoms with Crippen molar-refractivity contribution in [3.05, 3.63) is 76.3 Å². The average molecular weight is 757 g/mol. The SMILES string of the molecule is COc1cc2cc(c1Cl)N(C)C(=O)C[C@H](OC(=O)CSc1ccc(C(C)=O)cc1)[C@]1(C)O[C@H]1[C@H](C)[C@@H]1C[C@@](O)(NC(=O)O1)[C@H](OC)/C=C/C=C(\C)C2. The van der Waals surface area contributed by atoms with Crippen LogP contribution in [0.25, 0.3) is 0 Å². The summed E-state index contributed by atoms with van der Waals surface area (Å²) in [5.41, 5.74) is -0.228. The van der Waals surface area contributed by atoms with Crippen molar-refractivity contribution in [3.63, 3.8) is 0 Å². The number of ether oxygens (including phenoxy) is 5. The Morgan fingerprint density at radius 2 is 1.88 bits per heavy atom. The number of thioether (sulfide) groups is 1. The third kappa shape index (κ3) is 8.66. The molecule has 3 aliphatic heterocycles. The highest BCUT2D eigenvalue weighted by Crippen LogP contribution is 2.49. The lowest BCUT2D eigenvalue weighted by Crippen LogP contribution is -2.63. The summed E-state index contributed by atoms with van der Waals surface area (Å²) in [6.07, 6.45) is 1.23. The lowest BCUT2D eigenvalue weighted by Gasteiger charge is -2.42. The van der Waals surface area contributed by atoms with E-state index in [1.54, 1.807) is 56.5 Å². The molecule has 7 atom stereocenters. The Bertz CT molecular complexity index is 1770. The molecule has 280 valence electrons. The second-order valence-corrected chi connectivity index (χ2v) is 15.1. The molecule has 2 aromatic rings. The van der Waals surface area contributed by atoms with Crippen LogP contribution >= 0.6 is 23.4 Å². The van der Waals surface area contributed by atoms with E-state index < -0.39 is 59.6 Å². The van der Waals surface area contributed by atoms with Crippen LogP contribution in [-0.4, -0.2) is 91.6 Å². The van der Waals surface area contributed by atoms with Crippen LogP contribution in [0.15, 0.2) is 65.1 Å². The highest BCUT2D eigenvalue weighted by molar-refractivity contribution is 8.00. The number of allylic oxidation sites excluding steroid dienone is 3. The van der Waals surface area contributed by atoms with Gasteiger partial charge in [0, 0.05) is 37.0 Å². The number of halogens is 1. The van der Waals surface area contributed by atoms with Gasteiger partial charge in [0.1, 0.15) is 34.7 Å². The minimum Gasteiger partial charge on any atom is -0.495 e. The maximum atomic E-state index is 14.0. The van der Waals surface area contributed by atoms with Crippen LogP contribution in [0.5, 0.6) is 5.75 Å². The number of nitrogens with one attached hydrogen (secondary N) is 1. The zero-order valence-electron chi connectivity index (χ0n) is 30.3. The summed E-state index contributed by atoms with van der Waals surface area (Å²) in [5, 5.41) is 14.5. The molecule has 52 heavy (non-hydrogen) atoms. The van der Waals surface area contributed by atoms with Gasteiger partial charge in [0.15, 0.2) is 11.5 Å². The number of aliphatic hydroxyl groups is 1. The number of nitrogens with zero attached hydrogens (tertiary/aromatic N) is 1. The summed E-state index contributed by atoms with van der Waals surface area (Å²) < 4.78 is 29.1. The molecular weight excluding hydrogens is 712 g/mol. The third-order valence-electron chi connectivity index (χ3n) is 9.84. The molecule has 12 nitrogen and oxygen atoms in total. The zero-order chi connectivity index (χ0) is 38.0. The molecule has 0 unspecified atom stereocenters. The summed E-state index contributed by atoms with van der Waals surface area (Å²) in [5.74, 6) is -1.22. The number of methoxy groups -OCH3 is 2. The minimum atomic E-state index is -1.81. The molecule has 14 heteroatoms. The third-order valence-corrected chi connectivity index (χ3v) is 11.2. The lowest BCUT2D eigenvalue weighted by molar-refractivity contribution is -0.150. The lowest BCUT2D eigenvalue weighted by atomic mass is 9.83. The normalized spacial score (nSPS) is 30.9. The number of carbonyl (C=O) groups is 4. The molecule has 2 fully saturated rings. The van der Waals surface area contributed by atoms with E-state index in [-0.39, 0.29) is 29.4 Å². The largest absolute Gasteiger partial charge is 0.495 e. The van der Waals surface area contributed by atoms with Crippen molar-refractivity contribution in [1.82, 2.24) is 5.32 Å². The summed E-state index contributed by atoms with van der Waals surface area (Å²) in [6, 6.07) is 10.5. The number of Topliss-reactive ketones (excluding diaryl/α,β-unsaturated/α-hetero) is 1. The van der Waals surface area contributed by atoms with Gasteiger partial charge in [0.25, 0.3) is 0 Å². The van der Waals surface area contributed by atoms with Crippen molar-refractivity contribution in [2.75, 3.05) is 31.9 Å². The van der Waals surface area contributed by atoms with Gasteiger partial charge in [-0.05, 0) is 57.0 Å². The quantitative estimate of drug-likeness (QED) is 0.156. The number of ketones is 1. The molecule has 2 amide bonds. The van der Waals surface area contributed by atoms with Crippen molar-refractivity contribution < 1.29 is 48.0 Å². The van der Waals surface area contributed by atoms with Crippen LogP contribution in [0, 0.1) is 5.92 Å². The topological polar surface area (TPSA) is 153 Å². The number of alkyl carbamates (subject to hydrolysis) is 1. The van der Waals surface area contributed by atoms with Gasteiger partial charge in [-0.1, -0.05) is 54.5 Å². The summed E-state index contributed by atoms with van der Waals surface area (Å²) in [7, 11) is 4.53. The van der Waals surface area contributed by atoms with Gasteiger partial charge >= 0.3 is 12.1 Å². The highest BCUT2D eigenvalue weighted by Gasteiger charge is 2.64. The Labute approximate surface area is 312 Å². The Balaban J connectivity index is 1.49. The molecule has 2 N–H and O–H groups in total. The van der Waals surface area contributed by atoms with Crippen molar-refractivity contribution >= 4 is 52.8 Å². The van der Waals surface area contributed by atoms with E-state index in [0.717, 1.165) is 16.0 Å². The molecule has 3 aliphatic rings. The molecule has 0 saturated carbocycles. The van der Waals surface area contributed by atoms with Crippen molar-refractivity contribution in [3.8, 4) is 5.75 Å². The van der Waals surface area contributed by atoms with E-state index >= 15 is 0 Å². The molecule has 3 heterocycles. The fourth-order valence-electron chi connectivity index (χ4n) is 6.73. The van der Waals surface area contributed by atoms with Gasteiger partial charge in [-0.15, -0.1) is 11.8 Å². The first-order valence-corrected chi connectivity index (χ1v) is 18.3. The maximum Gasteiger partial charge on any atom is 0.409 e. The van der Waals surface area contributed by atoms with E-state index in [9.17, 15) is 24.3 Å². The van der Waals surface area contributed by atoms with Gasteiger partial charge in [-0.25, -0.2) is 4.79 Å². The predicted octanol–water partition coefficient (Wildman–Crippen LogP) is 5.66. The van der Waals surface area contributed by atoms with Crippen LogP contribution in [-0.2, 0) is 35.0 Å². The summed E-state index contributed by atoms with van der Waals surface area (Å²) >= 11 is 7.98. The number of amides is 2. The number of hydrogen-bond donors (Lipinski definition) is 2. The van der Waals surface area contributed by atoms with Crippen molar-refractivity contribution in [2.45, 2.75) is 87.6 Å². The summed E-state index contributed by atoms with van der Waals surface area (Å²) in [4.78, 5) is 54.1. The number of anilines is 1. The summed E-state index contributed by atoms with van der Waals surface area (Å²) in [6.45, 7) is 6.97. The molecule has 0 aromatic heterocycles. The van der Waals surface area contributed by atoms with E-state index in [1.165, 1.54) is 37.8 Å². The van der Waals surface area contributed by atoms with Crippen LogP contribution in [0.3, 0.4) is 0 Å². The molecule has 2 saturated heterocycles. The zero-order valence-corrected chi connectivity index (χ0v) is 31.8. The van der Waals surface area contributed by atoms with Crippen molar-refractivity contribution in [1.29, 1.82) is 0 Å². The smallest absolute Gasteiger partial charge is 0.409 e. The minimum absolute atomic E-state index is 0.0311. The number of esters is 1. The molecular formula is C38H45ClN2O10S. The molecule has 0 radical (unpaired) electrons. The number of carbonyl (C=O) groups excluding carboxylic acids is 4. The molecule has 5 rings (SSSR count). The average Bonchev–Trinajstić information content (AvgIpc) is 3.80. The van der Waals surface area contributed by atoms with E-state index in [4.69, 9.17) is 35.3 Å². The van der Waals surface area contributed by atoms with Gasteiger partial charge in [-0.2, -0.15) is 0 Å². The number of epoxide rings is 1. The number of hydrogen-bond acceptors (Lipinski definition) is 11. The standard InChI is InChI=1S/C38H45ClN2O10S/c1-21-9-8-10-30(48-7)38(46)19-29(49-36(45)40-38)22(2)35-37(4,51-35)31(50-33(44)20-52-26-13-11-25(12-14-26)23(3)42)18-32(43)41(5)27-16-24(15-21)17-28(47-6)34(27)39/h8-14,16-17,22,29-31,35,46H,15,18-20H2,1-7H3,(H,40,45)/b10-8+,21-9+/t22-,29+,30-,31+,35+,37+,38+/m1/s1. The first-order chi connectivity index (χ1) is 24.6. The van der Waals surface area contributed by atoms with Crippen LogP contribution < -0.4 is 15.0 Å². The number of rotatable bonds is 7. The maximum absolute atomic E-state index is 14.0. The van der Waals surface area contributed by atoms with E-state index in [0.29, 0.717) is 23.4 Å². The first kappa shape index (κ1) is 39.3.